The van der Waals surface area contributed by atoms with Crippen LogP contribution in [0, 0.1) is 17.3 Å². The topological polar surface area (TPSA) is 81.7 Å². The molecule has 2 aliphatic rings. The van der Waals surface area contributed by atoms with Crippen LogP contribution in [-0.4, -0.2) is 43.0 Å². The maximum Gasteiger partial charge on any atom is 0.323 e. The maximum atomic E-state index is 12.4. The number of amides is 1. The number of carbonyl (C=O) groups is 3. The smallest absolute Gasteiger partial charge is 0.323 e. The minimum absolute atomic E-state index is 0.0956. The Labute approximate surface area is 128 Å². The molecule has 3 atom stereocenters. The van der Waals surface area contributed by atoms with Crippen molar-refractivity contribution in [2.24, 2.45) is 17.3 Å². The van der Waals surface area contributed by atoms with E-state index in [1.807, 2.05) is 13.8 Å². The molecule has 1 heterocycles. The van der Waals surface area contributed by atoms with Gasteiger partial charge in [-0.2, -0.15) is 0 Å². The van der Waals surface area contributed by atoms with Gasteiger partial charge in [0.1, 0.15) is 0 Å². The summed E-state index contributed by atoms with van der Waals surface area (Å²) in [6.45, 7) is 3.62. The van der Waals surface area contributed by atoms with Gasteiger partial charge in [0.15, 0.2) is 5.41 Å². The molecule has 21 heavy (non-hydrogen) atoms. The van der Waals surface area contributed by atoms with Crippen molar-refractivity contribution in [3.05, 3.63) is 0 Å². The largest absolute Gasteiger partial charge is 0.468 e. The normalized spacial score (nSPS) is 30.5. The van der Waals surface area contributed by atoms with Crippen LogP contribution in [0.4, 0.5) is 0 Å². The van der Waals surface area contributed by atoms with Gasteiger partial charge in [0.05, 0.1) is 14.2 Å². The van der Waals surface area contributed by atoms with Gasteiger partial charge < -0.3 is 14.8 Å². The van der Waals surface area contributed by atoms with Crippen molar-refractivity contribution in [1.29, 1.82) is 0 Å². The maximum absolute atomic E-state index is 12.4. The molecule has 1 saturated heterocycles. The summed E-state index contributed by atoms with van der Waals surface area (Å²) in [7, 11) is 2.46. The molecule has 2 fully saturated rings. The van der Waals surface area contributed by atoms with Crippen molar-refractivity contribution in [1.82, 2.24) is 5.32 Å². The van der Waals surface area contributed by atoms with E-state index in [-0.39, 0.29) is 30.7 Å². The molecule has 0 bridgehead atoms. The first-order valence-corrected chi connectivity index (χ1v) is 7.21. The first-order valence-electron chi connectivity index (χ1n) is 6.83. The summed E-state index contributed by atoms with van der Waals surface area (Å²) >= 11 is 6.42. The van der Waals surface area contributed by atoms with E-state index in [4.69, 9.17) is 21.1 Å². The minimum atomic E-state index is -1.47. The van der Waals surface area contributed by atoms with Crippen molar-refractivity contribution in [2.45, 2.75) is 37.6 Å². The Balaban J connectivity index is 2.52. The zero-order valence-corrected chi connectivity index (χ0v) is 13.3. The summed E-state index contributed by atoms with van der Waals surface area (Å²) in [4.78, 5) is 35.8. The molecule has 7 heteroatoms. The quantitative estimate of drug-likeness (QED) is 0.474. The lowest BCUT2D eigenvalue weighted by molar-refractivity contribution is -0.172. The van der Waals surface area contributed by atoms with Crippen LogP contribution >= 0.6 is 11.6 Å². The molecule has 1 amide bonds. The van der Waals surface area contributed by atoms with Crippen LogP contribution in [0.2, 0.25) is 0 Å². The molecule has 6 nitrogen and oxygen atoms in total. The highest BCUT2D eigenvalue weighted by Gasteiger charge is 2.68. The molecular weight excluding hydrogens is 298 g/mol. The Morgan fingerprint density at radius 1 is 1.29 bits per heavy atom. The van der Waals surface area contributed by atoms with E-state index in [1.54, 1.807) is 0 Å². The number of rotatable bonds is 3. The number of ether oxygens (including phenoxy) is 2. The van der Waals surface area contributed by atoms with E-state index in [0.29, 0.717) is 0 Å². The fourth-order valence-corrected chi connectivity index (χ4v) is 3.96. The highest BCUT2D eigenvalue weighted by atomic mass is 35.5. The molecule has 0 aromatic heterocycles. The average Bonchev–Trinajstić information content (AvgIpc) is 2.92. The predicted octanol–water partition coefficient (Wildman–Crippen LogP) is 0.861. The third-order valence-electron chi connectivity index (χ3n) is 4.76. The molecule has 1 aliphatic heterocycles. The summed E-state index contributed by atoms with van der Waals surface area (Å²) in [5.41, 5.74) is -1.47. The Morgan fingerprint density at radius 2 is 1.81 bits per heavy atom. The van der Waals surface area contributed by atoms with Crippen LogP contribution < -0.4 is 5.32 Å². The monoisotopic (exact) mass is 317 g/mol. The summed E-state index contributed by atoms with van der Waals surface area (Å²) in [5, 5.41) is 2.85. The van der Waals surface area contributed by atoms with Crippen LogP contribution in [0.25, 0.3) is 0 Å². The van der Waals surface area contributed by atoms with Crippen LogP contribution in [0.1, 0.15) is 26.7 Å². The number of fused-ring (bicyclic) bond motifs is 1. The summed E-state index contributed by atoms with van der Waals surface area (Å²) in [5.74, 6) is -2.23. The summed E-state index contributed by atoms with van der Waals surface area (Å²) in [6.07, 6.45) is 0.302. The van der Waals surface area contributed by atoms with Crippen molar-refractivity contribution in [3.8, 4) is 0 Å². The van der Waals surface area contributed by atoms with Gasteiger partial charge in [-0.3, -0.25) is 14.4 Å². The Morgan fingerprint density at radius 3 is 2.24 bits per heavy atom. The van der Waals surface area contributed by atoms with Crippen molar-refractivity contribution in [2.75, 3.05) is 14.2 Å². The van der Waals surface area contributed by atoms with Crippen molar-refractivity contribution in [3.63, 3.8) is 0 Å². The number of halogens is 1. The van der Waals surface area contributed by atoms with Crippen LogP contribution in [0.15, 0.2) is 0 Å². The van der Waals surface area contributed by atoms with E-state index in [1.165, 1.54) is 14.2 Å². The number of alkyl halides is 1. The minimum Gasteiger partial charge on any atom is -0.468 e. The van der Waals surface area contributed by atoms with E-state index in [0.717, 1.165) is 0 Å². The molecule has 0 aromatic rings. The summed E-state index contributed by atoms with van der Waals surface area (Å²) < 4.78 is 9.69. The van der Waals surface area contributed by atoms with Crippen LogP contribution in [0.5, 0.6) is 0 Å². The molecule has 1 N–H and O–H groups in total. The van der Waals surface area contributed by atoms with E-state index >= 15 is 0 Å². The second kappa shape index (κ2) is 5.16. The third-order valence-corrected chi connectivity index (χ3v) is 5.04. The molecule has 0 aromatic carbocycles. The highest BCUT2D eigenvalue weighted by Crippen LogP contribution is 2.56. The Kier molecular flexibility index (Phi) is 3.95. The number of methoxy groups -OCH3 is 2. The zero-order valence-electron chi connectivity index (χ0n) is 12.6. The molecule has 0 radical (unpaired) electrons. The molecule has 118 valence electrons. The molecule has 1 aliphatic carbocycles. The van der Waals surface area contributed by atoms with E-state index in [9.17, 15) is 14.4 Å². The van der Waals surface area contributed by atoms with Crippen molar-refractivity contribution >= 4 is 29.4 Å². The molecule has 0 spiro atoms. The van der Waals surface area contributed by atoms with E-state index in [2.05, 4.69) is 5.32 Å². The lowest BCUT2D eigenvalue weighted by Gasteiger charge is -2.30. The second-order valence-electron chi connectivity index (χ2n) is 6.23. The van der Waals surface area contributed by atoms with Gasteiger partial charge in [-0.25, -0.2) is 0 Å². The molecular formula is C14H20ClNO5. The number of carbonyl (C=O) groups excluding carboxylic acids is 3. The zero-order chi connectivity index (χ0) is 16.0. The number of nitrogens with one attached hydrogen (secondary N) is 1. The van der Waals surface area contributed by atoms with Gasteiger partial charge in [-0.15, -0.1) is 11.6 Å². The van der Waals surface area contributed by atoms with Gasteiger partial charge in [-0.1, -0.05) is 0 Å². The lowest BCUT2D eigenvalue weighted by atomic mass is 9.76. The Bertz CT molecular complexity index is 468. The fraction of sp³-hybridized carbons (Fsp3) is 0.786. The van der Waals surface area contributed by atoms with Crippen LogP contribution in [-0.2, 0) is 23.9 Å². The molecule has 0 unspecified atom stereocenters. The van der Waals surface area contributed by atoms with Gasteiger partial charge >= 0.3 is 11.9 Å². The molecule has 2 rings (SSSR count). The highest BCUT2D eigenvalue weighted by molar-refractivity contribution is 6.23. The Hall–Kier alpha value is -1.30. The first-order chi connectivity index (χ1) is 9.68. The van der Waals surface area contributed by atoms with Crippen molar-refractivity contribution < 1.29 is 23.9 Å². The lowest BCUT2D eigenvalue weighted by Crippen LogP contribution is -2.45. The standard InChI is InChI=1S/C14H20ClNO5/c1-13(2,15)8-6-14(11(18)20-3,12(19)21-4)7-5-9(17)16-10(7)8/h7-8,10H,5-6H2,1-4H3,(H,16,17)/t7-,8-,10+/m0/s1. The SMILES string of the molecule is COC(=O)C1(C(=O)OC)C[C@H](C(C)(C)Cl)[C@@H]2NC(=O)C[C@@H]21. The predicted molar refractivity (Wildman–Crippen MR) is 74.5 cm³/mol. The van der Waals surface area contributed by atoms with Gasteiger partial charge in [0, 0.05) is 23.3 Å². The van der Waals surface area contributed by atoms with Gasteiger partial charge in [0.25, 0.3) is 0 Å². The third kappa shape index (κ3) is 2.29. The van der Waals surface area contributed by atoms with E-state index < -0.39 is 28.1 Å². The average molecular weight is 318 g/mol. The first kappa shape index (κ1) is 16.1. The van der Waals surface area contributed by atoms with Crippen LogP contribution in [0.3, 0.4) is 0 Å². The number of hydrogen-bond donors (Lipinski definition) is 1. The second-order valence-corrected chi connectivity index (χ2v) is 7.21. The van der Waals surface area contributed by atoms with Gasteiger partial charge in [0.2, 0.25) is 5.91 Å². The molecule has 1 saturated carbocycles. The number of esters is 2. The summed E-state index contributed by atoms with van der Waals surface area (Å²) in [6, 6.07) is -0.330. The van der Waals surface area contributed by atoms with Gasteiger partial charge in [-0.05, 0) is 26.2 Å². The fourth-order valence-electron chi connectivity index (χ4n) is 3.75. The number of hydrogen-bond acceptors (Lipinski definition) is 5.